The van der Waals surface area contributed by atoms with Gasteiger partial charge in [-0.25, -0.2) is 13.2 Å². The van der Waals surface area contributed by atoms with Crippen LogP contribution >= 0.6 is 0 Å². The van der Waals surface area contributed by atoms with Gasteiger partial charge in [0.05, 0.1) is 10.5 Å². The number of aryl methyl sites for hydroxylation is 2. The van der Waals surface area contributed by atoms with Crippen LogP contribution in [0.5, 0.6) is 0 Å². The highest BCUT2D eigenvalue weighted by Crippen LogP contribution is 2.19. The number of carbonyl (C=O) groups excluding carboxylic acids is 2. The molecule has 0 radical (unpaired) electrons. The molecule has 0 spiro atoms. The molecule has 0 bridgehead atoms. The topological polar surface area (TPSA) is 89.5 Å². The van der Waals surface area contributed by atoms with E-state index in [9.17, 15) is 26.8 Å². The van der Waals surface area contributed by atoms with E-state index in [1.54, 1.807) is 12.1 Å². The Balaban J connectivity index is 1.96. The van der Waals surface area contributed by atoms with Crippen molar-refractivity contribution in [1.29, 1.82) is 0 Å². The second-order valence-electron chi connectivity index (χ2n) is 5.83. The number of carbonyl (C=O) groups is 2. The second-order valence-corrected chi connectivity index (χ2v) is 7.75. The largest absolute Gasteiger partial charge is 0.452 e. The molecule has 1 N–H and O–H groups in total. The van der Waals surface area contributed by atoms with Crippen LogP contribution in [0, 0.1) is 13.8 Å². The summed E-state index contributed by atoms with van der Waals surface area (Å²) in [7, 11) is -4.74. The maximum atomic E-state index is 12.5. The van der Waals surface area contributed by atoms with E-state index in [-0.39, 0.29) is 5.56 Å². The molecule has 2 aromatic carbocycles. The highest BCUT2D eigenvalue weighted by atomic mass is 32.2. The fourth-order valence-electron chi connectivity index (χ4n) is 2.34. The van der Waals surface area contributed by atoms with Crippen LogP contribution in [0.4, 0.5) is 14.5 Å². The summed E-state index contributed by atoms with van der Waals surface area (Å²) >= 11 is 0. The minimum Gasteiger partial charge on any atom is -0.452 e. The van der Waals surface area contributed by atoms with E-state index in [1.807, 2.05) is 19.9 Å². The molecule has 27 heavy (non-hydrogen) atoms. The Hall–Kier alpha value is -2.81. The van der Waals surface area contributed by atoms with Crippen molar-refractivity contribution in [3.8, 4) is 0 Å². The number of ether oxygens (including phenoxy) is 1. The van der Waals surface area contributed by atoms with Crippen molar-refractivity contribution < 1.29 is 31.5 Å². The first-order valence-electron chi connectivity index (χ1n) is 7.77. The minimum absolute atomic E-state index is 0.0672. The maximum absolute atomic E-state index is 12.5. The number of alkyl halides is 2. The summed E-state index contributed by atoms with van der Waals surface area (Å²) < 4.78 is 52.5. The Morgan fingerprint density at radius 1 is 1.04 bits per heavy atom. The SMILES string of the molecule is Cc1cc(C)cc(NC(=O)COC(=O)c2ccc(S(=O)(=O)C(F)F)cc2)c1. The summed E-state index contributed by atoms with van der Waals surface area (Å²) in [6.07, 6.45) is 0. The summed E-state index contributed by atoms with van der Waals surface area (Å²) in [5.74, 6) is -4.99. The highest BCUT2D eigenvalue weighted by molar-refractivity contribution is 7.91. The van der Waals surface area contributed by atoms with Crippen molar-refractivity contribution >= 4 is 27.4 Å². The molecule has 9 heteroatoms. The molecule has 2 aromatic rings. The lowest BCUT2D eigenvalue weighted by atomic mass is 10.1. The lowest BCUT2D eigenvalue weighted by Crippen LogP contribution is -2.21. The number of esters is 1. The van der Waals surface area contributed by atoms with Crippen LogP contribution < -0.4 is 5.32 Å². The van der Waals surface area contributed by atoms with Crippen molar-refractivity contribution in [3.05, 3.63) is 59.2 Å². The first-order chi connectivity index (χ1) is 12.6. The molecule has 0 unspecified atom stereocenters. The van der Waals surface area contributed by atoms with Crippen molar-refractivity contribution in [3.63, 3.8) is 0 Å². The van der Waals surface area contributed by atoms with Crippen LogP contribution in [-0.2, 0) is 19.4 Å². The van der Waals surface area contributed by atoms with E-state index in [1.165, 1.54) is 0 Å². The summed E-state index contributed by atoms with van der Waals surface area (Å²) in [4.78, 5) is 23.2. The highest BCUT2D eigenvalue weighted by Gasteiger charge is 2.26. The Bertz CT molecular complexity index is 936. The van der Waals surface area contributed by atoms with E-state index >= 15 is 0 Å². The molecule has 0 aromatic heterocycles. The number of halogens is 2. The van der Waals surface area contributed by atoms with Crippen molar-refractivity contribution in [2.75, 3.05) is 11.9 Å². The fourth-order valence-corrected chi connectivity index (χ4v) is 3.06. The van der Waals surface area contributed by atoms with Gasteiger partial charge in [-0.3, -0.25) is 4.79 Å². The lowest BCUT2D eigenvalue weighted by Gasteiger charge is -2.09. The van der Waals surface area contributed by atoms with Gasteiger partial charge in [0, 0.05) is 5.69 Å². The van der Waals surface area contributed by atoms with E-state index in [0.29, 0.717) is 5.69 Å². The lowest BCUT2D eigenvalue weighted by molar-refractivity contribution is -0.119. The van der Waals surface area contributed by atoms with Gasteiger partial charge in [0.1, 0.15) is 0 Å². The van der Waals surface area contributed by atoms with Gasteiger partial charge < -0.3 is 10.1 Å². The monoisotopic (exact) mass is 397 g/mol. The molecule has 0 saturated heterocycles. The van der Waals surface area contributed by atoms with Gasteiger partial charge in [-0.1, -0.05) is 6.07 Å². The first-order valence-corrected chi connectivity index (χ1v) is 9.31. The normalized spacial score (nSPS) is 11.3. The van der Waals surface area contributed by atoms with Gasteiger partial charge >= 0.3 is 11.7 Å². The third kappa shape index (κ3) is 5.33. The number of sulfone groups is 1. The zero-order chi connectivity index (χ0) is 20.2. The quantitative estimate of drug-likeness (QED) is 0.757. The smallest absolute Gasteiger partial charge is 0.341 e. The first kappa shape index (κ1) is 20.5. The van der Waals surface area contributed by atoms with Gasteiger partial charge in [-0.2, -0.15) is 8.78 Å². The number of hydrogen-bond acceptors (Lipinski definition) is 5. The molecule has 0 aliphatic rings. The van der Waals surface area contributed by atoms with Gasteiger partial charge in [0.25, 0.3) is 5.91 Å². The molecule has 0 aliphatic carbocycles. The number of hydrogen-bond donors (Lipinski definition) is 1. The third-order valence-corrected chi connectivity index (χ3v) is 4.89. The summed E-state index contributed by atoms with van der Waals surface area (Å²) in [5.41, 5.74) is 2.42. The van der Waals surface area contributed by atoms with Crippen LogP contribution in [0.1, 0.15) is 21.5 Å². The molecule has 0 fully saturated rings. The Kier molecular flexibility index (Phi) is 6.27. The Morgan fingerprint density at radius 2 is 1.59 bits per heavy atom. The second kappa shape index (κ2) is 8.26. The molecule has 144 valence electrons. The Morgan fingerprint density at radius 3 is 2.11 bits per heavy atom. The molecule has 1 amide bonds. The molecule has 0 heterocycles. The standard InChI is InChI=1S/C18H17F2NO5S/c1-11-7-12(2)9-14(8-11)21-16(22)10-26-17(23)13-3-5-15(6-4-13)27(24,25)18(19)20/h3-9,18H,10H2,1-2H3,(H,21,22). The number of benzene rings is 2. The summed E-state index contributed by atoms with van der Waals surface area (Å²) in [6.45, 7) is 3.20. The predicted molar refractivity (Wildman–Crippen MR) is 94.5 cm³/mol. The van der Waals surface area contributed by atoms with E-state index in [0.717, 1.165) is 35.4 Å². The van der Waals surface area contributed by atoms with E-state index in [2.05, 4.69) is 5.32 Å². The average Bonchev–Trinajstić information content (AvgIpc) is 2.58. The Labute approximate surface area is 155 Å². The summed E-state index contributed by atoms with van der Waals surface area (Å²) in [6, 6.07) is 9.30. The van der Waals surface area contributed by atoms with Crippen LogP contribution in [0.3, 0.4) is 0 Å². The number of anilines is 1. The van der Waals surface area contributed by atoms with Crippen molar-refractivity contribution in [2.24, 2.45) is 0 Å². The molecule has 0 aliphatic heterocycles. The van der Waals surface area contributed by atoms with Crippen LogP contribution in [0.2, 0.25) is 0 Å². The molecular weight excluding hydrogens is 380 g/mol. The van der Waals surface area contributed by atoms with Crippen LogP contribution in [0.15, 0.2) is 47.4 Å². The molecular formula is C18H17F2NO5S. The minimum atomic E-state index is -4.74. The van der Waals surface area contributed by atoms with E-state index in [4.69, 9.17) is 4.74 Å². The molecule has 0 saturated carbocycles. The fraction of sp³-hybridized carbons (Fsp3) is 0.222. The number of rotatable bonds is 6. The zero-order valence-corrected chi connectivity index (χ0v) is 15.3. The van der Waals surface area contributed by atoms with Gasteiger partial charge in [0.15, 0.2) is 6.61 Å². The average molecular weight is 397 g/mol. The van der Waals surface area contributed by atoms with Crippen molar-refractivity contribution in [1.82, 2.24) is 0 Å². The molecule has 6 nitrogen and oxygen atoms in total. The summed E-state index contributed by atoms with van der Waals surface area (Å²) in [5, 5.41) is 2.59. The maximum Gasteiger partial charge on any atom is 0.341 e. The van der Waals surface area contributed by atoms with Crippen molar-refractivity contribution in [2.45, 2.75) is 24.5 Å². The predicted octanol–water partition coefficient (Wildman–Crippen LogP) is 3.10. The third-order valence-electron chi connectivity index (χ3n) is 3.49. The van der Waals surface area contributed by atoms with Crippen LogP contribution in [-0.4, -0.2) is 32.7 Å². The van der Waals surface area contributed by atoms with Gasteiger partial charge in [0.2, 0.25) is 9.84 Å². The number of amides is 1. The molecule has 2 rings (SSSR count). The zero-order valence-electron chi connectivity index (χ0n) is 14.5. The number of nitrogens with one attached hydrogen (secondary N) is 1. The van der Waals surface area contributed by atoms with E-state index < -0.39 is 39.0 Å². The van der Waals surface area contributed by atoms with Gasteiger partial charge in [-0.15, -0.1) is 0 Å². The van der Waals surface area contributed by atoms with Gasteiger partial charge in [-0.05, 0) is 61.4 Å². The van der Waals surface area contributed by atoms with Crippen LogP contribution in [0.25, 0.3) is 0 Å². The molecule has 0 atom stereocenters.